The summed E-state index contributed by atoms with van der Waals surface area (Å²) in [6, 6.07) is 0.639. The highest BCUT2D eigenvalue weighted by Crippen LogP contribution is 2.41. The minimum Gasteiger partial charge on any atom is -0.394 e. The lowest BCUT2D eigenvalue weighted by molar-refractivity contribution is 0.0211. The summed E-state index contributed by atoms with van der Waals surface area (Å²) in [6.07, 6.45) is 12.9. The maximum atomic E-state index is 9.82. The van der Waals surface area contributed by atoms with E-state index < -0.39 is 0 Å². The molecule has 0 aromatic carbocycles. The smallest absolute Gasteiger partial charge is 0.0681 e. The summed E-state index contributed by atoms with van der Waals surface area (Å²) in [5, 5.41) is 13.5. The monoisotopic (exact) mass is 283 g/mol. The van der Waals surface area contributed by atoms with Crippen molar-refractivity contribution in [2.45, 2.75) is 82.7 Å². The van der Waals surface area contributed by atoms with Crippen LogP contribution in [-0.4, -0.2) is 36.5 Å². The van der Waals surface area contributed by atoms with E-state index >= 15 is 0 Å². The summed E-state index contributed by atoms with van der Waals surface area (Å²) in [4.78, 5) is 0. The van der Waals surface area contributed by atoms with Gasteiger partial charge in [0.25, 0.3) is 0 Å². The number of nitrogens with one attached hydrogen (secondary N) is 1. The molecule has 0 aromatic heterocycles. The van der Waals surface area contributed by atoms with Crippen LogP contribution in [0.4, 0.5) is 0 Å². The van der Waals surface area contributed by atoms with Crippen LogP contribution in [0.2, 0.25) is 0 Å². The zero-order valence-electron chi connectivity index (χ0n) is 13.2. The van der Waals surface area contributed by atoms with Crippen molar-refractivity contribution in [2.75, 3.05) is 19.8 Å². The van der Waals surface area contributed by atoms with E-state index in [1.165, 1.54) is 64.2 Å². The first-order valence-corrected chi connectivity index (χ1v) is 8.77. The largest absolute Gasteiger partial charge is 0.394 e. The van der Waals surface area contributed by atoms with E-state index in [9.17, 15) is 5.11 Å². The summed E-state index contributed by atoms with van der Waals surface area (Å²) >= 11 is 0. The molecule has 0 heterocycles. The molecule has 2 saturated carbocycles. The normalized spacial score (nSPS) is 21.9. The third-order valence-electron chi connectivity index (χ3n) is 4.71. The average molecular weight is 283 g/mol. The fourth-order valence-electron chi connectivity index (χ4n) is 3.01. The molecule has 20 heavy (non-hydrogen) atoms. The highest BCUT2D eigenvalue weighted by Gasteiger charge is 2.47. The van der Waals surface area contributed by atoms with E-state index in [0.29, 0.717) is 18.6 Å². The van der Waals surface area contributed by atoms with Crippen molar-refractivity contribution in [1.29, 1.82) is 0 Å². The Balaban J connectivity index is 1.57. The molecule has 1 atom stereocenters. The molecule has 0 saturated heterocycles. The third kappa shape index (κ3) is 5.34. The van der Waals surface area contributed by atoms with E-state index in [0.717, 1.165) is 6.61 Å². The highest BCUT2D eigenvalue weighted by atomic mass is 16.5. The number of rotatable bonds is 13. The second-order valence-electron chi connectivity index (χ2n) is 6.83. The van der Waals surface area contributed by atoms with Gasteiger partial charge < -0.3 is 15.2 Å². The molecule has 0 amide bonds. The summed E-state index contributed by atoms with van der Waals surface area (Å²) in [7, 11) is 0. The number of hydrogen-bond donors (Lipinski definition) is 2. The van der Waals surface area contributed by atoms with E-state index in [1.54, 1.807) is 0 Å². The van der Waals surface area contributed by atoms with E-state index in [-0.39, 0.29) is 12.1 Å². The van der Waals surface area contributed by atoms with Gasteiger partial charge in [-0.2, -0.15) is 0 Å². The maximum Gasteiger partial charge on any atom is 0.0681 e. The number of aliphatic hydroxyl groups excluding tert-OH is 1. The Hall–Kier alpha value is -0.120. The van der Waals surface area contributed by atoms with Crippen molar-refractivity contribution in [3.63, 3.8) is 0 Å². The third-order valence-corrected chi connectivity index (χ3v) is 4.71. The highest BCUT2D eigenvalue weighted by molar-refractivity contribution is 5.04. The van der Waals surface area contributed by atoms with Crippen LogP contribution in [0.15, 0.2) is 0 Å². The Bertz CT molecular complexity index is 264. The molecular formula is C17H33NO2. The van der Waals surface area contributed by atoms with Gasteiger partial charge in [-0.25, -0.2) is 0 Å². The van der Waals surface area contributed by atoms with Crippen LogP contribution in [-0.2, 0) is 4.74 Å². The molecule has 0 bridgehead atoms. The number of aliphatic hydroxyl groups is 1. The van der Waals surface area contributed by atoms with Gasteiger partial charge in [-0.05, 0) is 38.0 Å². The van der Waals surface area contributed by atoms with E-state index in [2.05, 4.69) is 12.2 Å². The van der Waals surface area contributed by atoms with Gasteiger partial charge in [-0.1, -0.05) is 39.0 Å². The lowest BCUT2D eigenvalue weighted by atomic mass is 9.95. The molecule has 118 valence electrons. The summed E-state index contributed by atoms with van der Waals surface area (Å²) in [6.45, 7) is 4.03. The molecule has 3 heteroatoms. The number of hydrogen-bond acceptors (Lipinski definition) is 3. The van der Waals surface area contributed by atoms with E-state index in [1.807, 2.05) is 0 Å². The van der Waals surface area contributed by atoms with Crippen LogP contribution in [0.5, 0.6) is 0 Å². The first kappa shape index (κ1) is 16.3. The van der Waals surface area contributed by atoms with Gasteiger partial charge in [-0.3, -0.25) is 0 Å². The van der Waals surface area contributed by atoms with Gasteiger partial charge in [0.15, 0.2) is 0 Å². The molecule has 0 radical (unpaired) electrons. The van der Waals surface area contributed by atoms with Crippen LogP contribution in [0.25, 0.3) is 0 Å². The van der Waals surface area contributed by atoms with Crippen LogP contribution in [0.3, 0.4) is 0 Å². The molecule has 1 unspecified atom stereocenters. The van der Waals surface area contributed by atoms with Gasteiger partial charge in [0.05, 0.1) is 18.8 Å². The van der Waals surface area contributed by atoms with Gasteiger partial charge in [-0.15, -0.1) is 0 Å². The fraction of sp³-hybridized carbons (Fsp3) is 1.00. The zero-order chi connectivity index (χ0) is 14.3. The molecule has 0 spiro atoms. The molecule has 3 nitrogen and oxygen atoms in total. The lowest BCUT2D eigenvalue weighted by Gasteiger charge is -2.33. The maximum absolute atomic E-state index is 9.82. The van der Waals surface area contributed by atoms with Crippen LogP contribution in [0.1, 0.15) is 71.1 Å². The summed E-state index contributed by atoms with van der Waals surface area (Å²) in [5.74, 6) is 0.637. The Kier molecular flexibility index (Phi) is 6.79. The van der Waals surface area contributed by atoms with Crippen molar-refractivity contribution in [1.82, 2.24) is 5.32 Å². The SMILES string of the molecule is CCCCCCCCOCC(CO)(NC1CC1)C1CC1. The second-order valence-corrected chi connectivity index (χ2v) is 6.83. The Labute approximate surface area is 124 Å². The van der Waals surface area contributed by atoms with Crippen LogP contribution in [0, 0.1) is 5.92 Å². The molecule has 0 aromatic rings. The Morgan fingerprint density at radius 2 is 1.75 bits per heavy atom. The Morgan fingerprint density at radius 1 is 1.05 bits per heavy atom. The van der Waals surface area contributed by atoms with Crippen molar-refractivity contribution < 1.29 is 9.84 Å². The topological polar surface area (TPSA) is 41.5 Å². The quantitative estimate of drug-likeness (QED) is 0.510. The predicted molar refractivity (Wildman–Crippen MR) is 82.9 cm³/mol. The van der Waals surface area contributed by atoms with Gasteiger partial charge in [0.1, 0.15) is 0 Å². The van der Waals surface area contributed by atoms with Crippen molar-refractivity contribution >= 4 is 0 Å². The Morgan fingerprint density at radius 3 is 2.35 bits per heavy atom. The molecule has 2 aliphatic rings. The van der Waals surface area contributed by atoms with Crippen LogP contribution >= 0.6 is 0 Å². The minimum absolute atomic E-state index is 0.136. The number of ether oxygens (including phenoxy) is 1. The van der Waals surface area contributed by atoms with Gasteiger partial charge >= 0.3 is 0 Å². The average Bonchev–Trinajstić information content (AvgIpc) is 3.33. The zero-order valence-corrected chi connectivity index (χ0v) is 13.2. The molecule has 2 rings (SSSR count). The first-order valence-electron chi connectivity index (χ1n) is 8.77. The molecular weight excluding hydrogens is 250 g/mol. The second kappa shape index (κ2) is 8.35. The fourth-order valence-corrected chi connectivity index (χ4v) is 3.01. The van der Waals surface area contributed by atoms with Gasteiger partial charge in [0.2, 0.25) is 0 Å². The molecule has 2 fully saturated rings. The molecule has 0 aliphatic heterocycles. The predicted octanol–water partition coefficient (Wildman–Crippen LogP) is 3.26. The first-order chi connectivity index (χ1) is 9.80. The minimum atomic E-state index is -0.136. The van der Waals surface area contributed by atoms with Crippen molar-refractivity contribution in [3.8, 4) is 0 Å². The van der Waals surface area contributed by atoms with Gasteiger partial charge in [0, 0.05) is 12.6 Å². The van der Waals surface area contributed by atoms with Crippen molar-refractivity contribution in [3.05, 3.63) is 0 Å². The molecule has 2 N–H and O–H groups in total. The lowest BCUT2D eigenvalue weighted by Crippen LogP contribution is -2.55. The summed E-state index contributed by atoms with van der Waals surface area (Å²) in [5.41, 5.74) is -0.136. The number of unbranched alkanes of at least 4 members (excludes halogenated alkanes) is 5. The van der Waals surface area contributed by atoms with E-state index in [4.69, 9.17) is 4.74 Å². The van der Waals surface area contributed by atoms with Crippen molar-refractivity contribution in [2.24, 2.45) is 5.92 Å². The van der Waals surface area contributed by atoms with Crippen LogP contribution < -0.4 is 5.32 Å². The standard InChI is InChI=1S/C17H33NO2/c1-2-3-4-5-6-7-12-20-14-17(13-19,15-8-9-15)18-16-10-11-16/h15-16,18-19H,2-14H2,1H3. The summed E-state index contributed by atoms with van der Waals surface area (Å²) < 4.78 is 5.90. The molecule has 2 aliphatic carbocycles.